The van der Waals surface area contributed by atoms with Gasteiger partial charge in [0.2, 0.25) is 5.95 Å². The van der Waals surface area contributed by atoms with Crippen LogP contribution in [0.5, 0.6) is 0 Å². The van der Waals surface area contributed by atoms with Gasteiger partial charge < -0.3 is 30.5 Å². The molecule has 6 rings (SSSR count). The van der Waals surface area contributed by atoms with E-state index in [4.69, 9.17) is 30.3 Å². The summed E-state index contributed by atoms with van der Waals surface area (Å²) in [6.07, 6.45) is 11.8. The highest BCUT2D eigenvalue weighted by Crippen LogP contribution is 2.34. The lowest BCUT2D eigenvalue weighted by atomic mass is 9.92. The smallest absolute Gasteiger partial charge is 0.428 e. The van der Waals surface area contributed by atoms with Crippen LogP contribution in [0, 0.1) is 0 Å². The molecule has 0 unspecified atom stereocenters. The average Bonchev–Trinajstić information content (AvgIpc) is 3.65. The average molecular weight is 622 g/mol. The lowest BCUT2D eigenvalue weighted by molar-refractivity contribution is -0.139. The lowest BCUT2D eigenvalue weighted by Gasteiger charge is -2.31. The van der Waals surface area contributed by atoms with Gasteiger partial charge in [-0.3, -0.25) is 0 Å². The highest BCUT2D eigenvalue weighted by molar-refractivity contribution is 5.86. The minimum absolute atomic E-state index is 0. The van der Waals surface area contributed by atoms with Gasteiger partial charge in [0.1, 0.15) is 6.61 Å². The summed E-state index contributed by atoms with van der Waals surface area (Å²) < 4.78 is 7.51. The van der Waals surface area contributed by atoms with E-state index in [-0.39, 0.29) is 37.5 Å². The number of hydrogen-bond donors (Lipinski definition) is 3. The number of hydroxylamine groups is 2. The van der Waals surface area contributed by atoms with Crippen LogP contribution in [0.15, 0.2) is 36.7 Å². The van der Waals surface area contributed by atoms with Crippen LogP contribution in [-0.4, -0.2) is 62.0 Å². The van der Waals surface area contributed by atoms with E-state index < -0.39 is 6.16 Å². The Balaban J connectivity index is 0.00000202. The van der Waals surface area contributed by atoms with Crippen molar-refractivity contribution in [2.45, 2.75) is 95.0 Å². The molecule has 0 atom stereocenters. The second-order valence-electron chi connectivity index (χ2n) is 11.4. The SMILES string of the molecule is Cl.Cl.N[C@H]1CC[C@H](Nc2nc(NC3CCN(OC(=O)OCc4ccccc4)CC3)c3ncn(C4CCCC4)c3n2)CC1. The van der Waals surface area contributed by atoms with Crippen molar-refractivity contribution >= 4 is 53.9 Å². The molecule has 0 spiro atoms. The Morgan fingerprint density at radius 1 is 0.905 bits per heavy atom. The number of carbonyl (C=O) groups excluding carboxylic acids is 1. The van der Waals surface area contributed by atoms with Crippen LogP contribution in [0.2, 0.25) is 0 Å². The van der Waals surface area contributed by atoms with Crippen LogP contribution in [0.3, 0.4) is 0 Å². The molecule has 3 heterocycles. The van der Waals surface area contributed by atoms with Crippen LogP contribution in [-0.2, 0) is 16.2 Å². The molecule has 1 aromatic carbocycles. The number of rotatable bonds is 8. The highest BCUT2D eigenvalue weighted by atomic mass is 35.5. The molecule has 13 heteroatoms. The summed E-state index contributed by atoms with van der Waals surface area (Å²) in [4.78, 5) is 32.3. The van der Waals surface area contributed by atoms with E-state index in [0.29, 0.717) is 37.2 Å². The van der Waals surface area contributed by atoms with Crippen molar-refractivity contribution in [1.82, 2.24) is 24.6 Å². The summed E-state index contributed by atoms with van der Waals surface area (Å²) >= 11 is 0. The third-order valence-electron chi connectivity index (χ3n) is 8.44. The van der Waals surface area contributed by atoms with E-state index in [2.05, 4.69) is 15.2 Å². The van der Waals surface area contributed by atoms with Gasteiger partial charge in [-0.15, -0.1) is 29.9 Å². The molecule has 0 bridgehead atoms. The maximum Gasteiger partial charge on any atom is 0.528 e. The van der Waals surface area contributed by atoms with Crippen molar-refractivity contribution in [3.05, 3.63) is 42.2 Å². The molecule has 11 nitrogen and oxygen atoms in total. The Labute approximate surface area is 259 Å². The first-order chi connectivity index (χ1) is 19.6. The summed E-state index contributed by atoms with van der Waals surface area (Å²) in [5.74, 6) is 1.41. The second kappa shape index (κ2) is 15.0. The molecule has 1 saturated heterocycles. The molecule has 2 aromatic heterocycles. The Morgan fingerprint density at radius 3 is 2.31 bits per heavy atom. The molecule has 0 radical (unpaired) electrons. The van der Waals surface area contributed by atoms with Gasteiger partial charge in [-0.1, -0.05) is 43.2 Å². The predicted molar refractivity (Wildman–Crippen MR) is 167 cm³/mol. The maximum atomic E-state index is 12.2. The molecule has 1 aliphatic heterocycles. The zero-order valence-electron chi connectivity index (χ0n) is 23.8. The normalized spacial score (nSPS) is 21.7. The quantitative estimate of drug-likeness (QED) is 0.273. The number of carbonyl (C=O) groups is 1. The van der Waals surface area contributed by atoms with E-state index in [9.17, 15) is 4.79 Å². The molecule has 3 fully saturated rings. The van der Waals surface area contributed by atoms with Crippen molar-refractivity contribution in [3.8, 4) is 0 Å². The van der Waals surface area contributed by atoms with E-state index in [1.54, 1.807) is 5.06 Å². The summed E-state index contributed by atoms with van der Waals surface area (Å²) in [7, 11) is 0. The fourth-order valence-electron chi connectivity index (χ4n) is 6.11. The number of hydrogen-bond acceptors (Lipinski definition) is 10. The summed E-state index contributed by atoms with van der Waals surface area (Å²) in [6.45, 7) is 1.41. The van der Waals surface area contributed by atoms with Crippen LogP contribution < -0.4 is 16.4 Å². The van der Waals surface area contributed by atoms with Gasteiger partial charge in [0.25, 0.3) is 0 Å². The van der Waals surface area contributed by atoms with Crippen LogP contribution in [0.1, 0.15) is 75.8 Å². The molecule has 0 amide bonds. The summed E-state index contributed by atoms with van der Waals surface area (Å²) in [5.41, 5.74) is 8.75. The first-order valence-corrected chi connectivity index (χ1v) is 14.8. The largest absolute Gasteiger partial charge is 0.528 e. The fourth-order valence-corrected chi connectivity index (χ4v) is 6.11. The number of aromatic nitrogens is 4. The number of fused-ring (bicyclic) bond motifs is 1. The van der Waals surface area contributed by atoms with Gasteiger partial charge >= 0.3 is 6.16 Å². The van der Waals surface area contributed by atoms with Gasteiger partial charge in [-0.05, 0) is 56.9 Å². The second-order valence-corrected chi connectivity index (χ2v) is 11.4. The Hall–Kier alpha value is -2.86. The van der Waals surface area contributed by atoms with Gasteiger partial charge in [-0.2, -0.15) is 9.97 Å². The number of benzene rings is 1. The van der Waals surface area contributed by atoms with Crippen LogP contribution >= 0.6 is 24.8 Å². The van der Waals surface area contributed by atoms with E-state index in [1.807, 2.05) is 36.7 Å². The first-order valence-electron chi connectivity index (χ1n) is 14.8. The number of piperidine rings is 1. The maximum absolute atomic E-state index is 12.2. The Kier molecular flexibility index (Phi) is 11.5. The molecule has 4 N–H and O–H groups in total. The number of halogens is 2. The highest BCUT2D eigenvalue weighted by Gasteiger charge is 2.27. The number of imidazole rings is 1. The van der Waals surface area contributed by atoms with E-state index >= 15 is 0 Å². The Bertz CT molecular complexity index is 1270. The molecular weight excluding hydrogens is 579 g/mol. The van der Waals surface area contributed by atoms with Crippen molar-refractivity contribution in [2.75, 3.05) is 23.7 Å². The lowest BCUT2D eigenvalue weighted by Crippen LogP contribution is -2.40. The minimum Gasteiger partial charge on any atom is -0.428 e. The van der Waals surface area contributed by atoms with Gasteiger partial charge in [0.15, 0.2) is 17.0 Å². The van der Waals surface area contributed by atoms with E-state index in [0.717, 1.165) is 73.9 Å². The molecule has 42 heavy (non-hydrogen) atoms. The number of anilines is 2. The number of ether oxygens (including phenoxy) is 1. The summed E-state index contributed by atoms with van der Waals surface area (Å²) in [6, 6.07) is 10.8. The number of nitrogens with zero attached hydrogens (tertiary/aromatic N) is 5. The van der Waals surface area contributed by atoms with Crippen LogP contribution in [0.4, 0.5) is 16.6 Å². The molecule has 230 valence electrons. The van der Waals surface area contributed by atoms with Crippen LogP contribution in [0.25, 0.3) is 11.2 Å². The monoisotopic (exact) mass is 620 g/mol. The molecule has 2 saturated carbocycles. The zero-order chi connectivity index (χ0) is 27.3. The van der Waals surface area contributed by atoms with Gasteiger partial charge in [-0.25, -0.2) is 9.78 Å². The van der Waals surface area contributed by atoms with Gasteiger partial charge in [0, 0.05) is 37.3 Å². The first kappa shape index (κ1) is 32.1. The predicted octanol–water partition coefficient (Wildman–Crippen LogP) is 5.61. The molecular formula is C29H42Cl2N8O3. The standard InChI is InChI=1S/C29H40N8O3.2ClH/c30-21-10-12-22(13-11-21)33-28-34-26(25-27(35-28)37(19-31-25)24-8-4-5-9-24)32-23-14-16-36(17-15-23)40-29(38)39-18-20-6-2-1-3-7-20;;/h1-3,6-7,19,21-24H,4-5,8-18,30H2,(H2,32,33,34,35);2*1H/t21-,22-;;. The van der Waals surface area contributed by atoms with Crippen molar-refractivity contribution in [1.29, 1.82) is 0 Å². The van der Waals surface area contributed by atoms with Crippen molar-refractivity contribution in [2.24, 2.45) is 5.73 Å². The van der Waals surface area contributed by atoms with Crippen molar-refractivity contribution < 1.29 is 14.4 Å². The molecule has 2 aliphatic carbocycles. The third-order valence-corrected chi connectivity index (χ3v) is 8.44. The van der Waals surface area contributed by atoms with Gasteiger partial charge in [0.05, 0.1) is 6.33 Å². The number of nitrogens with one attached hydrogen (secondary N) is 2. The third kappa shape index (κ3) is 7.94. The summed E-state index contributed by atoms with van der Waals surface area (Å²) in [5, 5.41) is 8.92. The number of nitrogens with two attached hydrogens (primary N) is 1. The molecule has 3 aromatic rings. The Morgan fingerprint density at radius 2 is 1.60 bits per heavy atom. The topological polar surface area (TPSA) is 132 Å². The van der Waals surface area contributed by atoms with E-state index in [1.165, 1.54) is 12.8 Å². The minimum atomic E-state index is -0.676. The van der Waals surface area contributed by atoms with Crippen molar-refractivity contribution in [3.63, 3.8) is 0 Å². The molecule has 3 aliphatic rings. The zero-order valence-corrected chi connectivity index (χ0v) is 25.5. The fraction of sp³-hybridized carbons (Fsp3) is 0.586.